The van der Waals surface area contributed by atoms with E-state index in [1.807, 2.05) is 37.3 Å². The molecule has 0 saturated heterocycles. The Kier molecular flexibility index (Phi) is 11.2. The largest absolute Gasteiger partial charge is 1.00 e. The van der Waals surface area contributed by atoms with Crippen LogP contribution in [0.3, 0.4) is 0 Å². The molecule has 7 nitrogen and oxygen atoms in total. The zero-order valence-corrected chi connectivity index (χ0v) is 25.8. The van der Waals surface area contributed by atoms with Crippen molar-refractivity contribution in [2.45, 2.75) is 72.7 Å². The van der Waals surface area contributed by atoms with Crippen LogP contribution in [-0.4, -0.2) is 43.6 Å². The molecular weight excluding hydrogens is 535 g/mol. The maximum atomic E-state index is 12.0. The third kappa shape index (κ3) is 6.72. The third-order valence-electron chi connectivity index (χ3n) is 7.46. The molecule has 2 heterocycles. The third-order valence-corrected chi connectivity index (χ3v) is 7.85. The normalized spacial score (nSPS) is 15.8. The summed E-state index contributed by atoms with van der Waals surface area (Å²) in [6.45, 7) is 9.29. The minimum atomic E-state index is -0.877. The van der Waals surface area contributed by atoms with Crippen molar-refractivity contribution in [2.24, 2.45) is 0 Å². The van der Waals surface area contributed by atoms with E-state index < -0.39 is 11.9 Å². The first-order valence-corrected chi connectivity index (χ1v) is 13.5. The van der Waals surface area contributed by atoms with E-state index in [4.69, 9.17) is 16.3 Å². The van der Waals surface area contributed by atoms with Crippen molar-refractivity contribution in [1.82, 2.24) is 19.9 Å². The van der Waals surface area contributed by atoms with E-state index >= 15 is 0 Å². The summed E-state index contributed by atoms with van der Waals surface area (Å²) in [5.74, 6) is -0.330. The SMILES string of the molecule is C.CC[C@@H]1CN(Cc2cc([C@@H](CC(=O)O)c3ccc4c(nnn4CC)c3Cl)ccc2C)Cc2ccccc2O1.[H-].[Na+]. The first kappa shape index (κ1) is 32.1. The molecule has 0 unspecified atom stereocenters. The number of para-hydroxylation sites is 1. The van der Waals surface area contributed by atoms with E-state index in [-0.39, 0.29) is 50.9 Å². The van der Waals surface area contributed by atoms with Gasteiger partial charge in [-0.15, -0.1) is 5.10 Å². The van der Waals surface area contributed by atoms with Crippen molar-refractivity contribution in [1.29, 1.82) is 0 Å². The van der Waals surface area contributed by atoms with E-state index in [0.29, 0.717) is 17.1 Å². The Hall–Kier alpha value is -2.42. The molecule has 1 aromatic heterocycles. The van der Waals surface area contributed by atoms with Gasteiger partial charge in [0.2, 0.25) is 0 Å². The minimum absolute atomic E-state index is 0. The summed E-state index contributed by atoms with van der Waals surface area (Å²) >= 11 is 6.83. The van der Waals surface area contributed by atoms with Gasteiger partial charge in [0.15, 0.2) is 0 Å². The first-order valence-electron chi connectivity index (χ1n) is 13.2. The fraction of sp³-hybridized carbons (Fsp3) is 0.387. The van der Waals surface area contributed by atoms with Crippen LogP contribution >= 0.6 is 11.6 Å². The molecule has 1 aliphatic rings. The number of hydrogen-bond donors (Lipinski definition) is 1. The van der Waals surface area contributed by atoms with Gasteiger partial charge in [0, 0.05) is 37.7 Å². The van der Waals surface area contributed by atoms with Crippen LogP contribution in [0.15, 0.2) is 54.6 Å². The van der Waals surface area contributed by atoms with Crippen LogP contribution in [0.5, 0.6) is 5.75 Å². The van der Waals surface area contributed by atoms with Gasteiger partial charge in [-0.25, -0.2) is 4.68 Å². The maximum Gasteiger partial charge on any atom is 1.00 e. The number of fused-ring (bicyclic) bond motifs is 2. The van der Waals surface area contributed by atoms with Gasteiger partial charge in [-0.1, -0.05) is 73.6 Å². The summed E-state index contributed by atoms with van der Waals surface area (Å²) in [5.41, 5.74) is 6.64. The van der Waals surface area contributed by atoms with Crippen LogP contribution in [0.2, 0.25) is 5.02 Å². The van der Waals surface area contributed by atoms with Crippen LogP contribution in [0.1, 0.15) is 69.3 Å². The van der Waals surface area contributed by atoms with Gasteiger partial charge in [-0.05, 0) is 54.7 Å². The first-order chi connectivity index (χ1) is 18.4. The molecule has 0 saturated carbocycles. The number of halogens is 1. The molecule has 208 valence electrons. The number of aliphatic carboxylic acids is 1. The number of aryl methyl sites for hydroxylation is 2. The summed E-state index contributed by atoms with van der Waals surface area (Å²) in [7, 11) is 0. The maximum absolute atomic E-state index is 12.0. The van der Waals surface area contributed by atoms with Crippen molar-refractivity contribution >= 4 is 28.6 Å². The van der Waals surface area contributed by atoms with E-state index in [0.717, 1.165) is 48.4 Å². The zero-order chi connectivity index (χ0) is 26.8. The second-order valence-electron chi connectivity index (χ2n) is 10.0. The van der Waals surface area contributed by atoms with Gasteiger partial charge in [0.25, 0.3) is 0 Å². The Morgan fingerprint density at radius 2 is 1.98 bits per heavy atom. The van der Waals surface area contributed by atoms with Crippen molar-refractivity contribution in [3.63, 3.8) is 0 Å². The van der Waals surface area contributed by atoms with Gasteiger partial charge in [-0.2, -0.15) is 0 Å². The number of ether oxygens (including phenoxy) is 1. The summed E-state index contributed by atoms with van der Waals surface area (Å²) in [6, 6.07) is 18.3. The molecule has 1 N–H and O–H groups in total. The topological polar surface area (TPSA) is 80.5 Å². The molecule has 0 fully saturated rings. The summed E-state index contributed by atoms with van der Waals surface area (Å²) < 4.78 is 8.08. The molecule has 0 radical (unpaired) electrons. The minimum Gasteiger partial charge on any atom is -1.00 e. The molecule has 5 rings (SSSR count). The van der Waals surface area contributed by atoms with Crippen LogP contribution < -0.4 is 34.3 Å². The van der Waals surface area contributed by atoms with Gasteiger partial charge in [0.05, 0.1) is 17.0 Å². The number of carboxylic acid groups (broad SMARTS) is 1. The molecule has 4 aromatic rings. The average Bonchev–Trinajstić information content (AvgIpc) is 3.24. The Bertz CT molecular complexity index is 1480. The van der Waals surface area contributed by atoms with Crippen molar-refractivity contribution in [3.8, 4) is 5.75 Å². The average molecular weight is 573 g/mol. The molecule has 2 atom stereocenters. The Morgan fingerprint density at radius 1 is 1.20 bits per heavy atom. The summed E-state index contributed by atoms with van der Waals surface area (Å²) in [6.07, 6.45) is 0.969. The molecule has 9 heteroatoms. The fourth-order valence-electron chi connectivity index (χ4n) is 5.32. The van der Waals surface area contributed by atoms with Gasteiger partial charge in [-0.3, -0.25) is 9.69 Å². The number of hydrogen-bond acceptors (Lipinski definition) is 5. The molecule has 0 spiro atoms. The number of rotatable bonds is 8. The van der Waals surface area contributed by atoms with Gasteiger partial charge < -0.3 is 11.3 Å². The Balaban J connectivity index is 0.00000196. The van der Waals surface area contributed by atoms with Crippen molar-refractivity contribution in [3.05, 3.63) is 87.4 Å². The van der Waals surface area contributed by atoms with Crippen LogP contribution in [0.25, 0.3) is 11.0 Å². The molecule has 0 amide bonds. The molecule has 0 aliphatic carbocycles. The quantitative estimate of drug-likeness (QED) is 0.322. The Labute approximate surface area is 265 Å². The molecule has 40 heavy (non-hydrogen) atoms. The molecule has 3 aromatic carbocycles. The van der Waals surface area contributed by atoms with E-state index in [9.17, 15) is 9.90 Å². The number of benzene rings is 3. The monoisotopic (exact) mass is 572 g/mol. The second kappa shape index (κ2) is 14.0. The predicted molar refractivity (Wildman–Crippen MR) is 157 cm³/mol. The molecule has 0 bridgehead atoms. The van der Waals surface area contributed by atoms with E-state index in [1.54, 1.807) is 4.68 Å². The smallest absolute Gasteiger partial charge is 1.00 e. The van der Waals surface area contributed by atoms with Crippen molar-refractivity contribution in [2.75, 3.05) is 6.54 Å². The van der Waals surface area contributed by atoms with Gasteiger partial charge >= 0.3 is 35.5 Å². The number of nitrogens with zero attached hydrogens (tertiary/aromatic N) is 4. The molecule has 1 aliphatic heterocycles. The van der Waals surface area contributed by atoms with Crippen LogP contribution in [-0.2, 0) is 24.4 Å². The number of carboxylic acids is 1. The number of aromatic nitrogens is 3. The second-order valence-corrected chi connectivity index (χ2v) is 10.4. The molecular formula is C31H38ClN4NaO3. The van der Waals surface area contributed by atoms with E-state index in [2.05, 4.69) is 53.3 Å². The fourth-order valence-corrected chi connectivity index (χ4v) is 5.65. The predicted octanol–water partition coefficient (Wildman–Crippen LogP) is 3.95. The number of carbonyl (C=O) groups is 1. The van der Waals surface area contributed by atoms with Crippen LogP contribution in [0.4, 0.5) is 0 Å². The van der Waals surface area contributed by atoms with Crippen molar-refractivity contribution < 1.29 is 45.6 Å². The zero-order valence-electron chi connectivity index (χ0n) is 24.0. The van der Waals surface area contributed by atoms with Gasteiger partial charge in [0.1, 0.15) is 17.4 Å². The Morgan fingerprint density at radius 3 is 2.70 bits per heavy atom. The summed E-state index contributed by atoms with van der Waals surface area (Å²) in [5, 5.41) is 18.7. The summed E-state index contributed by atoms with van der Waals surface area (Å²) in [4.78, 5) is 14.4. The van der Waals surface area contributed by atoms with E-state index in [1.165, 1.54) is 16.7 Å². The standard InChI is InChI=1S/C30H33ClN4O3.CH4.Na.H/c1-4-23-18-34(16-21-8-6-7-9-27(21)38-23)17-22-14-20(11-10-19(22)3)25(15-28(36)37)24-12-13-26-30(29(24)31)32-33-35(26)5-2;;;/h6-14,23,25H,4-5,15-18H2,1-3H3,(H,36,37);1H4;;/q;;+1;-1/t23-,25-;;;/m1.../s1. The van der Waals surface area contributed by atoms with Crippen LogP contribution in [0, 0.1) is 6.92 Å².